The van der Waals surface area contributed by atoms with Crippen LogP contribution >= 0.6 is 0 Å². The Morgan fingerprint density at radius 2 is 2.28 bits per heavy atom. The van der Waals surface area contributed by atoms with Crippen LogP contribution in [0.1, 0.15) is 16.2 Å². The van der Waals surface area contributed by atoms with E-state index in [0.717, 1.165) is 0 Å². The normalized spacial score (nSPS) is 12.4. The maximum absolute atomic E-state index is 11.8. The van der Waals surface area contributed by atoms with E-state index in [0.29, 0.717) is 22.9 Å². The zero-order chi connectivity index (χ0) is 12.4. The van der Waals surface area contributed by atoms with Gasteiger partial charge in [0.1, 0.15) is 0 Å². The minimum absolute atomic E-state index is 0.184. The van der Waals surface area contributed by atoms with Crippen LogP contribution in [0.2, 0.25) is 0 Å². The Morgan fingerprint density at radius 3 is 3.11 bits per heavy atom. The SMILES string of the molecule is O=C(NCc1nn[nH]n1)c1ccc2c(c1)OCO2. The molecule has 1 aromatic carbocycles. The summed E-state index contributed by atoms with van der Waals surface area (Å²) < 4.78 is 10.4. The van der Waals surface area contributed by atoms with Crippen molar-refractivity contribution in [3.63, 3.8) is 0 Å². The fourth-order valence-corrected chi connectivity index (χ4v) is 1.56. The molecule has 1 aliphatic heterocycles. The standard InChI is InChI=1S/C10H9N5O3/c16-10(11-4-9-12-14-15-13-9)6-1-2-7-8(3-6)18-5-17-7/h1-3H,4-5H2,(H,11,16)(H,12,13,14,15). The molecule has 18 heavy (non-hydrogen) atoms. The number of aromatic amines is 1. The first-order chi connectivity index (χ1) is 8.83. The molecule has 1 aromatic heterocycles. The second-order valence-electron chi connectivity index (χ2n) is 3.58. The molecule has 8 nitrogen and oxygen atoms in total. The molecule has 1 aliphatic rings. The number of carbonyl (C=O) groups excluding carboxylic acids is 1. The number of nitrogens with one attached hydrogen (secondary N) is 2. The van der Waals surface area contributed by atoms with E-state index in [1.807, 2.05) is 0 Å². The Bertz CT molecular complexity index is 569. The Kier molecular flexibility index (Phi) is 2.52. The summed E-state index contributed by atoms with van der Waals surface area (Å²) >= 11 is 0. The van der Waals surface area contributed by atoms with Gasteiger partial charge >= 0.3 is 0 Å². The topological polar surface area (TPSA) is 102 Å². The maximum Gasteiger partial charge on any atom is 0.251 e. The van der Waals surface area contributed by atoms with Crippen molar-refractivity contribution in [1.82, 2.24) is 25.9 Å². The fraction of sp³-hybridized carbons (Fsp3) is 0.200. The van der Waals surface area contributed by atoms with Crippen molar-refractivity contribution >= 4 is 5.91 Å². The molecule has 2 aromatic rings. The molecule has 0 saturated carbocycles. The highest BCUT2D eigenvalue weighted by Gasteiger charge is 2.16. The van der Waals surface area contributed by atoms with Crippen molar-refractivity contribution in [1.29, 1.82) is 0 Å². The summed E-state index contributed by atoms with van der Waals surface area (Å²) in [4.78, 5) is 11.8. The molecule has 92 valence electrons. The number of fused-ring (bicyclic) bond motifs is 1. The monoisotopic (exact) mass is 247 g/mol. The molecule has 8 heteroatoms. The quantitative estimate of drug-likeness (QED) is 0.782. The molecule has 0 fully saturated rings. The third kappa shape index (κ3) is 1.95. The molecule has 0 bridgehead atoms. The van der Waals surface area contributed by atoms with Crippen LogP contribution in [0.15, 0.2) is 18.2 Å². The predicted octanol–water partition coefficient (Wildman–Crippen LogP) is -0.142. The number of hydrogen-bond acceptors (Lipinski definition) is 6. The van der Waals surface area contributed by atoms with Crippen molar-refractivity contribution in [3.05, 3.63) is 29.6 Å². The number of carbonyl (C=O) groups is 1. The predicted molar refractivity (Wildman–Crippen MR) is 57.9 cm³/mol. The number of amides is 1. The van der Waals surface area contributed by atoms with E-state index in [2.05, 4.69) is 25.9 Å². The van der Waals surface area contributed by atoms with E-state index < -0.39 is 0 Å². The molecule has 0 spiro atoms. The molecule has 0 aliphatic carbocycles. The molecule has 2 N–H and O–H groups in total. The number of nitrogens with zero attached hydrogens (tertiary/aromatic N) is 3. The molecular weight excluding hydrogens is 238 g/mol. The van der Waals surface area contributed by atoms with Gasteiger partial charge in [0.15, 0.2) is 17.3 Å². The van der Waals surface area contributed by atoms with E-state index in [9.17, 15) is 4.79 Å². The summed E-state index contributed by atoms with van der Waals surface area (Å²) in [7, 11) is 0. The lowest BCUT2D eigenvalue weighted by Crippen LogP contribution is -2.23. The first-order valence-electron chi connectivity index (χ1n) is 5.23. The van der Waals surface area contributed by atoms with Crippen LogP contribution in [0.4, 0.5) is 0 Å². The molecule has 2 heterocycles. The smallest absolute Gasteiger partial charge is 0.251 e. The van der Waals surface area contributed by atoms with Gasteiger partial charge in [-0.1, -0.05) is 5.21 Å². The van der Waals surface area contributed by atoms with Crippen LogP contribution in [0.3, 0.4) is 0 Å². The summed E-state index contributed by atoms with van der Waals surface area (Å²) in [5.74, 6) is 1.40. The van der Waals surface area contributed by atoms with E-state index in [4.69, 9.17) is 9.47 Å². The van der Waals surface area contributed by atoms with Crippen LogP contribution in [0.5, 0.6) is 11.5 Å². The zero-order valence-electron chi connectivity index (χ0n) is 9.21. The summed E-state index contributed by atoms with van der Waals surface area (Å²) in [6.07, 6.45) is 0. The first kappa shape index (κ1) is 10.5. The highest BCUT2D eigenvalue weighted by atomic mass is 16.7. The summed E-state index contributed by atoms with van der Waals surface area (Å²) in [6.45, 7) is 0.396. The highest BCUT2D eigenvalue weighted by Crippen LogP contribution is 2.32. The maximum atomic E-state index is 11.8. The van der Waals surface area contributed by atoms with Crippen LogP contribution in [0.25, 0.3) is 0 Å². The van der Waals surface area contributed by atoms with Gasteiger partial charge in [0.05, 0.1) is 6.54 Å². The Morgan fingerprint density at radius 1 is 1.39 bits per heavy atom. The Hall–Kier alpha value is -2.64. The average molecular weight is 247 g/mol. The lowest BCUT2D eigenvalue weighted by atomic mass is 10.2. The summed E-state index contributed by atoms with van der Waals surface area (Å²) in [6, 6.07) is 5.00. The minimum atomic E-state index is -0.238. The third-order valence-corrected chi connectivity index (χ3v) is 2.43. The largest absolute Gasteiger partial charge is 0.454 e. The van der Waals surface area contributed by atoms with Crippen LogP contribution in [-0.4, -0.2) is 33.3 Å². The summed E-state index contributed by atoms with van der Waals surface area (Å²) in [5.41, 5.74) is 0.489. The van der Waals surface area contributed by atoms with Crippen LogP contribution < -0.4 is 14.8 Å². The van der Waals surface area contributed by atoms with E-state index >= 15 is 0 Å². The number of rotatable bonds is 3. The number of H-pyrrole nitrogens is 1. The van der Waals surface area contributed by atoms with Gasteiger partial charge in [0.25, 0.3) is 5.91 Å². The van der Waals surface area contributed by atoms with Gasteiger partial charge in [-0.05, 0) is 18.2 Å². The highest BCUT2D eigenvalue weighted by molar-refractivity contribution is 5.94. The number of tetrazole rings is 1. The van der Waals surface area contributed by atoms with Gasteiger partial charge in [-0.25, -0.2) is 0 Å². The number of hydrogen-bond donors (Lipinski definition) is 2. The van der Waals surface area contributed by atoms with Gasteiger partial charge in [0, 0.05) is 5.56 Å². The molecule has 0 unspecified atom stereocenters. The molecular formula is C10H9N5O3. The fourth-order valence-electron chi connectivity index (χ4n) is 1.56. The van der Waals surface area contributed by atoms with E-state index in [-0.39, 0.29) is 19.2 Å². The number of benzene rings is 1. The lowest BCUT2D eigenvalue weighted by Gasteiger charge is -2.03. The second kappa shape index (κ2) is 4.32. The van der Waals surface area contributed by atoms with Gasteiger partial charge in [0.2, 0.25) is 6.79 Å². The molecule has 0 radical (unpaired) electrons. The van der Waals surface area contributed by atoms with E-state index in [1.54, 1.807) is 18.2 Å². The molecule has 3 rings (SSSR count). The average Bonchev–Trinajstić information content (AvgIpc) is 3.05. The summed E-state index contributed by atoms with van der Waals surface area (Å²) in [5, 5.41) is 15.8. The molecule has 0 saturated heterocycles. The molecule has 1 amide bonds. The van der Waals surface area contributed by atoms with Gasteiger partial charge in [-0.15, -0.1) is 10.2 Å². The first-order valence-corrected chi connectivity index (χ1v) is 5.23. The minimum Gasteiger partial charge on any atom is -0.454 e. The van der Waals surface area contributed by atoms with Crippen molar-refractivity contribution < 1.29 is 14.3 Å². The van der Waals surface area contributed by atoms with Crippen molar-refractivity contribution in [2.24, 2.45) is 0 Å². The second-order valence-corrected chi connectivity index (χ2v) is 3.58. The Labute approximate surface area is 101 Å². The van der Waals surface area contributed by atoms with Gasteiger partial charge < -0.3 is 14.8 Å². The van der Waals surface area contributed by atoms with Crippen molar-refractivity contribution in [2.45, 2.75) is 6.54 Å². The van der Waals surface area contributed by atoms with Crippen molar-refractivity contribution in [3.8, 4) is 11.5 Å². The number of ether oxygens (including phenoxy) is 2. The number of aromatic nitrogens is 4. The van der Waals surface area contributed by atoms with Crippen LogP contribution in [-0.2, 0) is 6.54 Å². The van der Waals surface area contributed by atoms with Gasteiger partial charge in [-0.3, -0.25) is 4.79 Å². The van der Waals surface area contributed by atoms with Crippen molar-refractivity contribution in [2.75, 3.05) is 6.79 Å². The van der Waals surface area contributed by atoms with E-state index in [1.165, 1.54) is 0 Å². The molecule has 0 atom stereocenters. The van der Waals surface area contributed by atoms with Gasteiger partial charge in [-0.2, -0.15) is 5.21 Å². The zero-order valence-corrected chi connectivity index (χ0v) is 9.21. The van der Waals surface area contributed by atoms with Crippen LogP contribution in [0, 0.1) is 0 Å². The Balaban J connectivity index is 1.69. The third-order valence-electron chi connectivity index (χ3n) is 2.43. The lowest BCUT2D eigenvalue weighted by molar-refractivity contribution is 0.0949.